The third-order valence-corrected chi connectivity index (χ3v) is 3.43. The van der Waals surface area contributed by atoms with Crippen LogP contribution < -0.4 is 5.73 Å². The van der Waals surface area contributed by atoms with Crippen LogP contribution in [0.1, 0.15) is 19.8 Å². The number of rotatable bonds is 6. The van der Waals surface area contributed by atoms with Gasteiger partial charge in [-0.1, -0.05) is 0 Å². The molecule has 0 aromatic heterocycles. The molecule has 1 atom stereocenters. The van der Waals surface area contributed by atoms with Crippen molar-refractivity contribution in [2.24, 2.45) is 5.73 Å². The molecule has 1 rings (SSSR count). The van der Waals surface area contributed by atoms with Gasteiger partial charge in [0.1, 0.15) is 0 Å². The maximum Gasteiger partial charge on any atom is 0.0477 e. The normalized spacial score (nSPS) is 21.9. The molecule has 4 heteroatoms. The van der Waals surface area contributed by atoms with Gasteiger partial charge in [-0.3, -0.25) is 4.90 Å². The minimum atomic E-state index is 0.637. The highest BCUT2D eigenvalue weighted by Gasteiger charge is 2.18. The van der Waals surface area contributed by atoms with Gasteiger partial charge in [0.2, 0.25) is 0 Å². The van der Waals surface area contributed by atoms with Gasteiger partial charge in [-0.05, 0) is 32.9 Å². The quantitative estimate of drug-likeness (QED) is 0.715. The predicted octanol–water partition coefficient (Wildman–Crippen LogP) is 0.378. The summed E-state index contributed by atoms with van der Waals surface area (Å²) in [7, 11) is 1.78. The van der Waals surface area contributed by atoms with Gasteiger partial charge < -0.3 is 15.4 Å². The Morgan fingerprint density at radius 1 is 1.25 bits per heavy atom. The Balaban J connectivity index is 2.28. The number of ether oxygens (including phenoxy) is 1. The molecule has 0 aromatic carbocycles. The molecule has 1 aliphatic heterocycles. The van der Waals surface area contributed by atoms with Crippen molar-refractivity contribution in [1.82, 2.24) is 9.80 Å². The van der Waals surface area contributed by atoms with E-state index < -0.39 is 0 Å². The van der Waals surface area contributed by atoms with Gasteiger partial charge in [-0.15, -0.1) is 0 Å². The molecule has 16 heavy (non-hydrogen) atoms. The number of nitrogens with two attached hydrogens (primary N) is 1. The second-order valence-corrected chi connectivity index (χ2v) is 4.65. The molecule has 4 nitrogen and oxygen atoms in total. The number of hydrogen-bond donors (Lipinski definition) is 1. The molecule has 1 saturated heterocycles. The van der Waals surface area contributed by atoms with Crippen LogP contribution in [-0.2, 0) is 4.74 Å². The Hall–Kier alpha value is -0.160. The Bertz CT molecular complexity index is 178. The maximum atomic E-state index is 5.60. The van der Waals surface area contributed by atoms with Gasteiger partial charge in [0.25, 0.3) is 0 Å². The molecule has 1 aliphatic rings. The highest BCUT2D eigenvalue weighted by Crippen LogP contribution is 2.09. The van der Waals surface area contributed by atoms with E-state index in [1.165, 1.54) is 26.1 Å². The molecular weight excluding hydrogens is 202 g/mol. The van der Waals surface area contributed by atoms with Crippen LogP contribution >= 0.6 is 0 Å². The third kappa shape index (κ3) is 4.78. The molecule has 1 heterocycles. The van der Waals surface area contributed by atoms with Crippen LogP contribution in [0.3, 0.4) is 0 Å². The van der Waals surface area contributed by atoms with E-state index >= 15 is 0 Å². The first-order valence-electron chi connectivity index (χ1n) is 6.43. The van der Waals surface area contributed by atoms with E-state index in [-0.39, 0.29) is 0 Å². The van der Waals surface area contributed by atoms with Crippen molar-refractivity contribution in [2.75, 3.05) is 53.0 Å². The highest BCUT2D eigenvalue weighted by atomic mass is 16.5. The van der Waals surface area contributed by atoms with Gasteiger partial charge in [0.15, 0.2) is 0 Å². The number of nitrogens with zero attached hydrogens (tertiary/aromatic N) is 2. The summed E-state index contributed by atoms with van der Waals surface area (Å²) in [5, 5.41) is 0. The fourth-order valence-electron chi connectivity index (χ4n) is 2.31. The van der Waals surface area contributed by atoms with E-state index in [0.29, 0.717) is 6.04 Å². The second-order valence-electron chi connectivity index (χ2n) is 4.65. The van der Waals surface area contributed by atoms with Crippen LogP contribution in [0.25, 0.3) is 0 Å². The summed E-state index contributed by atoms with van der Waals surface area (Å²) < 4.78 is 5.14. The first-order valence-corrected chi connectivity index (χ1v) is 6.43. The summed E-state index contributed by atoms with van der Waals surface area (Å²) in [6.07, 6.45) is 2.39. The predicted molar refractivity (Wildman–Crippen MR) is 67.6 cm³/mol. The standard InChI is InChI=1S/C12H27N3O/c1-12(4-11-16-2)15-7-3-6-14(8-5-13)9-10-15/h12H,3-11,13H2,1-2H3. The smallest absolute Gasteiger partial charge is 0.0477 e. The summed E-state index contributed by atoms with van der Waals surface area (Å²) >= 11 is 0. The lowest BCUT2D eigenvalue weighted by Crippen LogP contribution is -2.38. The van der Waals surface area contributed by atoms with E-state index in [1.54, 1.807) is 7.11 Å². The zero-order chi connectivity index (χ0) is 11.8. The molecule has 0 spiro atoms. The SMILES string of the molecule is COCCC(C)N1CCCN(CCN)CC1. The van der Waals surface area contributed by atoms with Crippen molar-refractivity contribution >= 4 is 0 Å². The van der Waals surface area contributed by atoms with Crippen molar-refractivity contribution < 1.29 is 4.74 Å². The molecule has 2 N–H and O–H groups in total. The summed E-state index contributed by atoms with van der Waals surface area (Å²) in [6, 6.07) is 0.637. The second kappa shape index (κ2) is 8.01. The lowest BCUT2D eigenvalue weighted by molar-refractivity contribution is 0.139. The zero-order valence-electron chi connectivity index (χ0n) is 10.8. The molecule has 0 amide bonds. The monoisotopic (exact) mass is 229 g/mol. The van der Waals surface area contributed by atoms with Crippen molar-refractivity contribution in [3.63, 3.8) is 0 Å². The Labute approximate surface area is 99.7 Å². The minimum Gasteiger partial charge on any atom is -0.385 e. The highest BCUT2D eigenvalue weighted by molar-refractivity contribution is 4.74. The van der Waals surface area contributed by atoms with E-state index in [0.717, 1.165) is 32.7 Å². The van der Waals surface area contributed by atoms with Gasteiger partial charge in [-0.2, -0.15) is 0 Å². The van der Waals surface area contributed by atoms with Crippen molar-refractivity contribution in [2.45, 2.75) is 25.8 Å². The Kier molecular flexibility index (Phi) is 6.96. The Morgan fingerprint density at radius 2 is 2.06 bits per heavy atom. The Morgan fingerprint density at radius 3 is 2.75 bits per heavy atom. The largest absolute Gasteiger partial charge is 0.385 e. The topological polar surface area (TPSA) is 41.7 Å². The molecule has 0 saturated carbocycles. The van der Waals surface area contributed by atoms with Crippen molar-refractivity contribution in [3.8, 4) is 0 Å². The van der Waals surface area contributed by atoms with Crippen molar-refractivity contribution in [1.29, 1.82) is 0 Å². The average Bonchev–Trinajstić information content (AvgIpc) is 2.52. The van der Waals surface area contributed by atoms with Gasteiger partial charge >= 0.3 is 0 Å². The summed E-state index contributed by atoms with van der Waals surface area (Å²) in [5.74, 6) is 0. The van der Waals surface area contributed by atoms with Crippen LogP contribution in [0.15, 0.2) is 0 Å². The lowest BCUT2D eigenvalue weighted by Gasteiger charge is -2.27. The summed E-state index contributed by atoms with van der Waals surface area (Å²) in [6.45, 7) is 9.73. The van der Waals surface area contributed by atoms with E-state index in [9.17, 15) is 0 Å². The average molecular weight is 229 g/mol. The van der Waals surface area contributed by atoms with Gasteiger partial charge in [0, 0.05) is 45.9 Å². The molecule has 96 valence electrons. The number of hydrogen-bond acceptors (Lipinski definition) is 4. The molecular formula is C12H27N3O. The van der Waals surface area contributed by atoms with E-state index in [4.69, 9.17) is 10.5 Å². The summed E-state index contributed by atoms with van der Waals surface area (Å²) in [4.78, 5) is 5.05. The van der Waals surface area contributed by atoms with E-state index in [2.05, 4.69) is 16.7 Å². The van der Waals surface area contributed by atoms with Crippen molar-refractivity contribution in [3.05, 3.63) is 0 Å². The van der Waals surface area contributed by atoms with Gasteiger partial charge in [0.05, 0.1) is 0 Å². The van der Waals surface area contributed by atoms with Crippen LogP contribution in [0.2, 0.25) is 0 Å². The summed E-state index contributed by atoms with van der Waals surface area (Å²) in [5.41, 5.74) is 5.60. The lowest BCUT2D eigenvalue weighted by atomic mass is 10.2. The molecule has 0 aromatic rings. The molecule has 0 bridgehead atoms. The van der Waals surface area contributed by atoms with Crippen LogP contribution in [0.5, 0.6) is 0 Å². The first-order chi connectivity index (χ1) is 7.77. The molecule has 0 radical (unpaired) electrons. The molecule has 1 fully saturated rings. The third-order valence-electron chi connectivity index (χ3n) is 3.43. The van der Waals surface area contributed by atoms with Crippen LogP contribution in [-0.4, -0.2) is 68.8 Å². The van der Waals surface area contributed by atoms with Crippen LogP contribution in [0, 0.1) is 0 Å². The van der Waals surface area contributed by atoms with Gasteiger partial charge in [-0.25, -0.2) is 0 Å². The fraction of sp³-hybridized carbons (Fsp3) is 1.00. The number of methoxy groups -OCH3 is 1. The van der Waals surface area contributed by atoms with Crippen LogP contribution in [0.4, 0.5) is 0 Å². The van der Waals surface area contributed by atoms with E-state index in [1.807, 2.05) is 0 Å². The zero-order valence-corrected chi connectivity index (χ0v) is 10.8. The minimum absolute atomic E-state index is 0.637. The molecule has 1 unspecified atom stereocenters. The maximum absolute atomic E-state index is 5.60. The molecule has 0 aliphatic carbocycles. The fourth-order valence-corrected chi connectivity index (χ4v) is 2.31. The first kappa shape index (κ1) is 13.9.